The van der Waals surface area contributed by atoms with E-state index in [-0.39, 0.29) is 16.7 Å². The van der Waals surface area contributed by atoms with E-state index in [1.165, 1.54) is 12.1 Å². The molecule has 1 aromatic carbocycles. The number of anilines is 1. The Morgan fingerprint density at radius 2 is 2.17 bits per heavy atom. The van der Waals surface area contributed by atoms with Gasteiger partial charge in [0.05, 0.1) is 15.2 Å². The molecule has 6 heteroatoms. The van der Waals surface area contributed by atoms with Crippen molar-refractivity contribution in [2.75, 3.05) is 5.73 Å². The van der Waals surface area contributed by atoms with Crippen LogP contribution in [0.1, 0.15) is 5.56 Å². The number of halogens is 3. The number of hydrogen-bond donors (Lipinski definition) is 1. The van der Waals surface area contributed by atoms with E-state index >= 15 is 0 Å². The van der Waals surface area contributed by atoms with Crippen molar-refractivity contribution in [1.82, 2.24) is 4.98 Å². The Kier molecular flexibility index (Phi) is 3.73. The second-order valence-corrected chi connectivity index (χ2v) is 4.91. The third kappa shape index (κ3) is 2.57. The highest BCUT2D eigenvalue weighted by atomic mass is 79.9. The van der Waals surface area contributed by atoms with Gasteiger partial charge in [-0.1, -0.05) is 11.6 Å². The van der Waals surface area contributed by atoms with Gasteiger partial charge in [-0.2, -0.15) is 0 Å². The lowest BCUT2D eigenvalue weighted by atomic mass is 10.2. The molecule has 2 rings (SSSR count). The zero-order valence-corrected chi connectivity index (χ0v) is 11.7. The number of benzene rings is 1. The predicted molar refractivity (Wildman–Crippen MR) is 72.6 cm³/mol. The molecule has 94 valence electrons. The number of hydrogen-bond acceptors (Lipinski definition) is 3. The maximum Gasteiger partial charge on any atom is 0.242 e. The van der Waals surface area contributed by atoms with Gasteiger partial charge in [-0.3, -0.25) is 0 Å². The minimum absolute atomic E-state index is 0.0133. The highest BCUT2D eigenvalue weighted by Gasteiger charge is 2.12. The Morgan fingerprint density at radius 3 is 2.89 bits per heavy atom. The molecule has 0 unspecified atom stereocenters. The predicted octanol–water partition coefficient (Wildman–Crippen LogP) is 4.32. The summed E-state index contributed by atoms with van der Waals surface area (Å²) in [5.41, 5.74) is 7.08. The average Bonchev–Trinajstić information content (AvgIpc) is 2.32. The van der Waals surface area contributed by atoms with Crippen LogP contribution in [0.15, 0.2) is 28.9 Å². The fraction of sp³-hybridized carbons (Fsp3) is 0.0833. The number of aromatic nitrogens is 1. The second kappa shape index (κ2) is 5.12. The molecule has 1 aromatic heterocycles. The molecule has 0 atom stereocenters. The Balaban J connectivity index is 2.40. The average molecular weight is 332 g/mol. The molecule has 3 nitrogen and oxygen atoms in total. The zero-order valence-electron chi connectivity index (χ0n) is 9.38. The Labute approximate surface area is 117 Å². The zero-order chi connectivity index (χ0) is 13.3. The summed E-state index contributed by atoms with van der Waals surface area (Å²) >= 11 is 8.88. The molecular formula is C12H9BrClFN2O. The van der Waals surface area contributed by atoms with Crippen LogP contribution >= 0.6 is 27.5 Å². The van der Waals surface area contributed by atoms with Gasteiger partial charge in [0.1, 0.15) is 11.6 Å². The van der Waals surface area contributed by atoms with Crippen LogP contribution in [-0.2, 0) is 0 Å². The third-order valence-electron chi connectivity index (χ3n) is 2.35. The van der Waals surface area contributed by atoms with Crippen LogP contribution in [0.2, 0.25) is 5.02 Å². The van der Waals surface area contributed by atoms with Crippen LogP contribution in [0.25, 0.3) is 0 Å². The molecule has 18 heavy (non-hydrogen) atoms. The first-order valence-corrected chi connectivity index (χ1v) is 6.19. The lowest BCUT2D eigenvalue weighted by Crippen LogP contribution is -1.98. The molecule has 0 saturated heterocycles. The number of pyridine rings is 1. The van der Waals surface area contributed by atoms with Crippen molar-refractivity contribution in [3.63, 3.8) is 0 Å². The molecule has 2 aromatic rings. The lowest BCUT2D eigenvalue weighted by molar-refractivity contribution is 0.457. The first-order valence-electron chi connectivity index (χ1n) is 5.02. The summed E-state index contributed by atoms with van der Waals surface area (Å²) in [6.45, 7) is 1.83. The van der Waals surface area contributed by atoms with Crippen LogP contribution in [-0.4, -0.2) is 4.98 Å². The maximum absolute atomic E-state index is 13.4. The minimum Gasteiger partial charge on any atom is -0.436 e. The Morgan fingerprint density at radius 1 is 1.44 bits per heavy atom. The third-order valence-corrected chi connectivity index (χ3v) is 3.26. The van der Waals surface area contributed by atoms with Gasteiger partial charge in [-0.05, 0) is 40.5 Å². The molecule has 1 heterocycles. The van der Waals surface area contributed by atoms with Gasteiger partial charge in [0.2, 0.25) is 5.88 Å². The second-order valence-electron chi connectivity index (χ2n) is 3.65. The van der Waals surface area contributed by atoms with Crippen molar-refractivity contribution in [3.8, 4) is 11.6 Å². The van der Waals surface area contributed by atoms with Crippen molar-refractivity contribution >= 4 is 33.2 Å². The summed E-state index contributed by atoms with van der Waals surface area (Å²) in [5.74, 6) is -0.0692. The van der Waals surface area contributed by atoms with Gasteiger partial charge < -0.3 is 10.5 Å². The molecule has 0 saturated carbocycles. The number of rotatable bonds is 2. The quantitative estimate of drug-likeness (QED) is 0.834. The number of ether oxygens (including phenoxy) is 1. The van der Waals surface area contributed by atoms with Crippen molar-refractivity contribution in [2.45, 2.75) is 6.92 Å². The van der Waals surface area contributed by atoms with Crippen LogP contribution in [0, 0.1) is 12.7 Å². The minimum atomic E-state index is -0.568. The van der Waals surface area contributed by atoms with E-state index in [4.69, 9.17) is 22.1 Å². The van der Waals surface area contributed by atoms with E-state index in [0.29, 0.717) is 10.2 Å². The highest BCUT2D eigenvalue weighted by molar-refractivity contribution is 9.10. The fourth-order valence-corrected chi connectivity index (χ4v) is 2.03. The fourth-order valence-electron chi connectivity index (χ4n) is 1.31. The molecule has 0 spiro atoms. The van der Waals surface area contributed by atoms with Gasteiger partial charge in [0.25, 0.3) is 0 Å². The van der Waals surface area contributed by atoms with Crippen molar-refractivity contribution in [2.24, 2.45) is 0 Å². The summed E-state index contributed by atoms with van der Waals surface area (Å²) < 4.78 is 19.4. The monoisotopic (exact) mass is 330 g/mol. The summed E-state index contributed by atoms with van der Waals surface area (Å²) in [6.07, 6.45) is 1.57. The summed E-state index contributed by atoms with van der Waals surface area (Å²) in [4.78, 5) is 4.00. The number of nitrogen functional groups attached to an aromatic ring is 1. The standard InChI is InChI=1S/C12H9BrClFN2O/c1-6-2-3-17-12(11(6)16)18-10-5-9(15)8(14)4-7(10)13/h2-5H,16H2,1H3. The molecule has 0 aliphatic rings. The first-order chi connectivity index (χ1) is 8.49. The molecule has 0 fully saturated rings. The van der Waals surface area contributed by atoms with Gasteiger partial charge in [0, 0.05) is 12.3 Å². The van der Waals surface area contributed by atoms with Gasteiger partial charge in [0.15, 0.2) is 0 Å². The Bertz CT molecular complexity index is 607. The SMILES string of the molecule is Cc1ccnc(Oc2cc(F)c(Cl)cc2Br)c1N. The van der Waals surface area contributed by atoms with E-state index in [1.807, 2.05) is 6.92 Å². The number of aryl methyl sites for hydroxylation is 1. The molecule has 0 bridgehead atoms. The van der Waals surface area contributed by atoms with Crippen molar-refractivity contribution in [3.05, 3.63) is 45.3 Å². The lowest BCUT2D eigenvalue weighted by Gasteiger charge is -2.10. The topological polar surface area (TPSA) is 48.1 Å². The van der Waals surface area contributed by atoms with Crippen LogP contribution in [0.3, 0.4) is 0 Å². The summed E-state index contributed by atoms with van der Waals surface area (Å²) in [7, 11) is 0. The van der Waals surface area contributed by atoms with Gasteiger partial charge in [-0.25, -0.2) is 9.37 Å². The van der Waals surface area contributed by atoms with Gasteiger partial charge >= 0.3 is 0 Å². The molecular weight excluding hydrogens is 322 g/mol. The molecule has 0 amide bonds. The Hall–Kier alpha value is -1.33. The smallest absolute Gasteiger partial charge is 0.242 e. The number of nitrogens with two attached hydrogens (primary N) is 1. The first kappa shape index (κ1) is 13.1. The van der Waals surface area contributed by atoms with E-state index in [1.54, 1.807) is 12.3 Å². The van der Waals surface area contributed by atoms with E-state index in [9.17, 15) is 4.39 Å². The van der Waals surface area contributed by atoms with Crippen LogP contribution < -0.4 is 10.5 Å². The van der Waals surface area contributed by atoms with Crippen LogP contribution in [0.5, 0.6) is 11.6 Å². The van der Waals surface area contributed by atoms with Gasteiger partial charge in [-0.15, -0.1) is 0 Å². The van der Waals surface area contributed by atoms with E-state index in [2.05, 4.69) is 20.9 Å². The largest absolute Gasteiger partial charge is 0.436 e. The normalized spacial score (nSPS) is 10.4. The maximum atomic E-state index is 13.4. The van der Waals surface area contributed by atoms with E-state index in [0.717, 1.165) is 5.56 Å². The highest BCUT2D eigenvalue weighted by Crippen LogP contribution is 2.35. The summed E-state index contributed by atoms with van der Waals surface area (Å²) in [6, 6.07) is 4.35. The molecule has 0 radical (unpaired) electrons. The molecule has 2 N–H and O–H groups in total. The van der Waals surface area contributed by atoms with E-state index < -0.39 is 5.82 Å². The summed E-state index contributed by atoms with van der Waals surface area (Å²) in [5, 5.41) is 0.0133. The van der Waals surface area contributed by atoms with Crippen LogP contribution in [0.4, 0.5) is 10.1 Å². The van der Waals surface area contributed by atoms with Crippen molar-refractivity contribution < 1.29 is 9.13 Å². The molecule has 0 aliphatic carbocycles. The molecule has 0 aliphatic heterocycles. The number of nitrogens with zero attached hydrogens (tertiary/aromatic N) is 1. The van der Waals surface area contributed by atoms with Crippen molar-refractivity contribution in [1.29, 1.82) is 0 Å².